The Hall–Kier alpha value is -2.67. The normalized spacial score (nSPS) is 11.5. The van der Waals surface area contributed by atoms with Crippen molar-refractivity contribution in [1.29, 1.82) is 0 Å². The molecule has 1 atom stereocenters. The molecule has 0 radical (unpaired) electrons. The summed E-state index contributed by atoms with van der Waals surface area (Å²) in [6.07, 6.45) is 0.850. The fraction of sp³-hybridized carbons (Fsp3) is 0.417. The number of ether oxygens (including phenoxy) is 2. The first-order chi connectivity index (χ1) is 15.0. The maximum absolute atomic E-state index is 13.1. The van der Waals surface area contributed by atoms with Crippen LogP contribution in [0.3, 0.4) is 0 Å². The van der Waals surface area contributed by atoms with Crippen molar-refractivity contribution in [3.63, 3.8) is 0 Å². The quantitative estimate of drug-likeness (QED) is 0.538. The number of hydrogen-bond donors (Lipinski definition) is 1. The maximum Gasteiger partial charge on any atom is 0.242 e. The SMILES string of the molecule is CCCNC(=O)[C@@H](C)N(Cc1ccc(OC)cc1)C(=O)CSCc1ccc(OC)cc1. The Labute approximate surface area is 189 Å². The molecule has 0 aliphatic rings. The van der Waals surface area contributed by atoms with E-state index in [1.807, 2.05) is 55.5 Å². The van der Waals surface area contributed by atoms with Crippen molar-refractivity contribution in [3.8, 4) is 11.5 Å². The van der Waals surface area contributed by atoms with Crippen LogP contribution >= 0.6 is 11.8 Å². The number of methoxy groups -OCH3 is 2. The van der Waals surface area contributed by atoms with Crippen LogP contribution < -0.4 is 14.8 Å². The van der Waals surface area contributed by atoms with Crippen LogP contribution in [0.2, 0.25) is 0 Å². The van der Waals surface area contributed by atoms with Crippen LogP contribution in [0, 0.1) is 0 Å². The average Bonchev–Trinajstić information content (AvgIpc) is 2.81. The summed E-state index contributed by atoms with van der Waals surface area (Å²) < 4.78 is 10.4. The zero-order valence-electron chi connectivity index (χ0n) is 18.7. The fourth-order valence-electron chi connectivity index (χ4n) is 2.97. The molecule has 0 aliphatic heterocycles. The van der Waals surface area contributed by atoms with Crippen molar-refractivity contribution in [2.45, 2.75) is 38.6 Å². The average molecular weight is 445 g/mol. The second kappa shape index (κ2) is 12.9. The Bertz CT molecular complexity index is 824. The smallest absolute Gasteiger partial charge is 0.242 e. The number of nitrogens with one attached hydrogen (secondary N) is 1. The molecule has 168 valence electrons. The Balaban J connectivity index is 2.03. The molecule has 1 N–H and O–H groups in total. The van der Waals surface area contributed by atoms with Gasteiger partial charge in [0.2, 0.25) is 11.8 Å². The van der Waals surface area contributed by atoms with Crippen LogP contribution in [0.25, 0.3) is 0 Å². The molecule has 0 bridgehead atoms. The summed E-state index contributed by atoms with van der Waals surface area (Å²) >= 11 is 1.54. The van der Waals surface area contributed by atoms with Crippen molar-refractivity contribution >= 4 is 23.6 Å². The lowest BCUT2D eigenvalue weighted by Gasteiger charge is -2.28. The lowest BCUT2D eigenvalue weighted by molar-refractivity contribution is -0.138. The molecule has 0 saturated heterocycles. The summed E-state index contributed by atoms with van der Waals surface area (Å²) in [6.45, 7) is 4.74. The molecule has 0 fully saturated rings. The molecular formula is C24H32N2O4S. The summed E-state index contributed by atoms with van der Waals surface area (Å²) in [5.74, 6) is 2.38. The minimum Gasteiger partial charge on any atom is -0.497 e. The van der Waals surface area contributed by atoms with Gasteiger partial charge < -0.3 is 19.7 Å². The van der Waals surface area contributed by atoms with Gasteiger partial charge in [-0.3, -0.25) is 9.59 Å². The number of amides is 2. The van der Waals surface area contributed by atoms with E-state index in [1.165, 1.54) is 11.8 Å². The van der Waals surface area contributed by atoms with Gasteiger partial charge in [0.15, 0.2) is 0 Å². The summed E-state index contributed by atoms with van der Waals surface area (Å²) in [6, 6.07) is 14.8. The zero-order valence-corrected chi connectivity index (χ0v) is 19.5. The molecule has 6 nitrogen and oxygen atoms in total. The van der Waals surface area contributed by atoms with Gasteiger partial charge >= 0.3 is 0 Å². The number of nitrogens with zero attached hydrogens (tertiary/aromatic N) is 1. The lowest BCUT2D eigenvalue weighted by atomic mass is 10.1. The summed E-state index contributed by atoms with van der Waals surface area (Å²) in [4.78, 5) is 27.3. The van der Waals surface area contributed by atoms with Gasteiger partial charge in [-0.2, -0.15) is 0 Å². The first-order valence-electron chi connectivity index (χ1n) is 10.4. The Kier molecular flexibility index (Phi) is 10.2. The molecule has 0 heterocycles. The topological polar surface area (TPSA) is 67.9 Å². The number of carbonyl (C=O) groups is 2. The third-order valence-electron chi connectivity index (χ3n) is 4.88. The minimum atomic E-state index is -0.553. The molecule has 2 aromatic rings. The molecule has 0 spiro atoms. The highest BCUT2D eigenvalue weighted by Crippen LogP contribution is 2.19. The van der Waals surface area contributed by atoms with Gasteiger partial charge in [0.1, 0.15) is 17.5 Å². The van der Waals surface area contributed by atoms with Crippen molar-refractivity contribution in [1.82, 2.24) is 10.2 Å². The van der Waals surface area contributed by atoms with E-state index < -0.39 is 6.04 Å². The molecule has 0 saturated carbocycles. The largest absolute Gasteiger partial charge is 0.497 e. The van der Waals surface area contributed by atoms with E-state index in [0.717, 1.165) is 29.0 Å². The van der Waals surface area contributed by atoms with E-state index in [1.54, 1.807) is 26.0 Å². The maximum atomic E-state index is 13.1. The van der Waals surface area contributed by atoms with Crippen LogP contribution in [0.15, 0.2) is 48.5 Å². The van der Waals surface area contributed by atoms with Gasteiger partial charge in [0.25, 0.3) is 0 Å². The second-order valence-electron chi connectivity index (χ2n) is 7.18. The van der Waals surface area contributed by atoms with Crippen molar-refractivity contribution in [3.05, 3.63) is 59.7 Å². The standard InChI is InChI=1S/C24H32N2O4S/c1-5-14-25-24(28)18(2)26(15-19-6-10-21(29-3)11-7-19)23(27)17-31-16-20-8-12-22(30-4)13-9-20/h6-13,18H,5,14-17H2,1-4H3,(H,25,28)/t18-/m1/s1. The molecule has 2 rings (SSSR count). The predicted octanol–water partition coefficient (Wildman–Crippen LogP) is 3.88. The number of carbonyl (C=O) groups excluding carboxylic acids is 2. The third kappa shape index (κ3) is 7.83. The van der Waals surface area contributed by atoms with Crippen molar-refractivity contribution < 1.29 is 19.1 Å². The highest BCUT2D eigenvalue weighted by molar-refractivity contribution is 7.99. The first-order valence-corrected chi connectivity index (χ1v) is 11.5. The first kappa shape index (κ1) is 24.6. The zero-order chi connectivity index (χ0) is 22.6. The summed E-state index contributed by atoms with van der Waals surface area (Å²) in [7, 11) is 3.25. The van der Waals surface area contributed by atoms with Gasteiger partial charge in [0.05, 0.1) is 20.0 Å². The molecule has 31 heavy (non-hydrogen) atoms. The summed E-state index contributed by atoms with van der Waals surface area (Å²) in [5, 5.41) is 2.89. The van der Waals surface area contributed by atoms with E-state index in [2.05, 4.69) is 5.32 Å². The van der Waals surface area contributed by atoms with Crippen LogP contribution in [-0.4, -0.2) is 49.3 Å². The van der Waals surface area contributed by atoms with Gasteiger partial charge in [0, 0.05) is 18.8 Å². The molecule has 7 heteroatoms. The second-order valence-corrected chi connectivity index (χ2v) is 8.16. The molecular weight excluding hydrogens is 412 g/mol. The van der Waals surface area contributed by atoms with Gasteiger partial charge in [-0.25, -0.2) is 0 Å². The van der Waals surface area contributed by atoms with Crippen LogP contribution in [-0.2, 0) is 21.9 Å². The lowest BCUT2D eigenvalue weighted by Crippen LogP contribution is -2.48. The molecule has 2 aromatic carbocycles. The number of hydrogen-bond acceptors (Lipinski definition) is 5. The van der Waals surface area contributed by atoms with Gasteiger partial charge in [-0.05, 0) is 48.7 Å². The van der Waals surface area contributed by atoms with E-state index in [-0.39, 0.29) is 11.8 Å². The molecule has 0 aliphatic carbocycles. The van der Waals surface area contributed by atoms with E-state index in [0.29, 0.717) is 24.6 Å². The molecule has 0 unspecified atom stereocenters. The van der Waals surface area contributed by atoms with Gasteiger partial charge in [-0.1, -0.05) is 31.2 Å². The number of benzene rings is 2. The van der Waals surface area contributed by atoms with Crippen LogP contribution in [0.1, 0.15) is 31.4 Å². The monoisotopic (exact) mass is 444 g/mol. The molecule has 2 amide bonds. The third-order valence-corrected chi connectivity index (χ3v) is 5.87. The van der Waals surface area contributed by atoms with E-state index >= 15 is 0 Å². The highest BCUT2D eigenvalue weighted by Gasteiger charge is 2.25. The minimum absolute atomic E-state index is 0.0616. The van der Waals surface area contributed by atoms with E-state index in [9.17, 15) is 9.59 Å². The van der Waals surface area contributed by atoms with E-state index in [4.69, 9.17) is 9.47 Å². The Morgan fingerprint density at radius 2 is 1.52 bits per heavy atom. The molecule has 0 aromatic heterocycles. The van der Waals surface area contributed by atoms with Crippen molar-refractivity contribution in [2.75, 3.05) is 26.5 Å². The summed E-state index contributed by atoms with van der Waals surface area (Å²) in [5.41, 5.74) is 2.07. The Morgan fingerprint density at radius 1 is 0.968 bits per heavy atom. The van der Waals surface area contributed by atoms with Crippen molar-refractivity contribution in [2.24, 2.45) is 0 Å². The van der Waals surface area contributed by atoms with Crippen LogP contribution in [0.5, 0.6) is 11.5 Å². The highest BCUT2D eigenvalue weighted by atomic mass is 32.2. The fourth-order valence-corrected chi connectivity index (χ4v) is 3.84. The predicted molar refractivity (Wildman–Crippen MR) is 125 cm³/mol. The number of rotatable bonds is 12. The Morgan fingerprint density at radius 3 is 2.03 bits per heavy atom. The van der Waals surface area contributed by atoms with Crippen LogP contribution in [0.4, 0.5) is 0 Å². The number of thioether (sulfide) groups is 1. The van der Waals surface area contributed by atoms with Gasteiger partial charge in [-0.15, -0.1) is 11.8 Å².